The number of hydrogen-bond donors (Lipinski definition) is 1. The minimum Gasteiger partial charge on any atom is -0.377 e. The van der Waals surface area contributed by atoms with Crippen LogP contribution in [0.4, 0.5) is 0 Å². The van der Waals surface area contributed by atoms with Gasteiger partial charge >= 0.3 is 0 Å². The maximum atomic E-state index is 5.56. The van der Waals surface area contributed by atoms with Gasteiger partial charge in [-0.05, 0) is 25.8 Å². The highest BCUT2D eigenvalue weighted by atomic mass is 32.2. The lowest BCUT2D eigenvalue weighted by Crippen LogP contribution is -2.19. The lowest BCUT2D eigenvalue weighted by Gasteiger charge is -2.08. The van der Waals surface area contributed by atoms with Gasteiger partial charge in [-0.15, -0.1) is 0 Å². The zero-order valence-electron chi connectivity index (χ0n) is 9.26. The average Bonchev–Trinajstić information content (AvgIpc) is 2.69. The summed E-state index contributed by atoms with van der Waals surface area (Å²) in [5.41, 5.74) is 0. The Morgan fingerprint density at radius 1 is 1.43 bits per heavy atom. The van der Waals surface area contributed by atoms with Crippen molar-refractivity contribution in [3.8, 4) is 0 Å². The summed E-state index contributed by atoms with van der Waals surface area (Å²) in [6.45, 7) is 5.54. The molecule has 0 bridgehead atoms. The third-order valence-corrected chi connectivity index (χ3v) is 3.56. The maximum absolute atomic E-state index is 5.56. The second-order valence-corrected chi connectivity index (χ2v) is 4.96. The molecule has 0 aromatic carbocycles. The van der Waals surface area contributed by atoms with Crippen molar-refractivity contribution in [2.45, 2.75) is 38.7 Å². The van der Waals surface area contributed by atoms with Crippen LogP contribution in [0.25, 0.3) is 0 Å². The van der Waals surface area contributed by atoms with Gasteiger partial charge in [-0.25, -0.2) is 0 Å². The molecule has 2 nitrogen and oxygen atoms in total. The lowest BCUT2D eigenvalue weighted by atomic mass is 10.3. The summed E-state index contributed by atoms with van der Waals surface area (Å²) in [5, 5.41) is 3.45. The van der Waals surface area contributed by atoms with E-state index in [1.165, 1.54) is 43.7 Å². The molecule has 1 rings (SSSR count). The Balaban J connectivity index is 1.75. The Labute approximate surface area is 92.2 Å². The Kier molecular flexibility index (Phi) is 7.55. The second-order valence-electron chi connectivity index (χ2n) is 3.81. The van der Waals surface area contributed by atoms with Crippen LogP contribution in [0.15, 0.2) is 0 Å². The maximum Gasteiger partial charge on any atom is 0.0666 e. The predicted octanol–water partition coefficient (Wildman–Crippen LogP) is 2.29. The van der Waals surface area contributed by atoms with Gasteiger partial charge in [-0.2, -0.15) is 11.8 Å². The molecule has 0 amide bonds. The third kappa shape index (κ3) is 5.89. The minimum atomic E-state index is 0.552. The molecule has 0 aromatic rings. The zero-order valence-corrected chi connectivity index (χ0v) is 10.1. The fourth-order valence-electron chi connectivity index (χ4n) is 1.56. The first kappa shape index (κ1) is 12.3. The zero-order chi connectivity index (χ0) is 10.1. The van der Waals surface area contributed by atoms with Crippen LogP contribution >= 0.6 is 11.8 Å². The largest absolute Gasteiger partial charge is 0.377 e. The Hall–Kier alpha value is 0.270. The van der Waals surface area contributed by atoms with Gasteiger partial charge in [0, 0.05) is 24.7 Å². The van der Waals surface area contributed by atoms with E-state index >= 15 is 0 Å². The van der Waals surface area contributed by atoms with Gasteiger partial charge in [-0.1, -0.05) is 13.3 Å². The average molecular weight is 217 g/mol. The summed E-state index contributed by atoms with van der Waals surface area (Å²) in [4.78, 5) is 0. The number of thioether (sulfide) groups is 1. The van der Waals surface area contributed by atoms with Gasteiger partial charge in [0.1, 0.15) is 0 Å². The van der Waals surface area contributed by atoms with Crippen molar-refractivity contribution in [2.24, 2.45) is 0 Å². The normalized spacial score (nSPS) is 21.6. The van der Waals surface area contributed by atoms with Gasteiger partial charge in [0.15, 0.2) is 0 Å². The second kappa shape index (κ2) is 8.57. The van der Waals surface area contributed by atoms with E-state index in [0.29, 0.717) is 6.10 Å². The quantitative estimate of drug-likeness (QED) is 0.630. The molecular weight excluding hydrogens is 194 g/mol. The van der Waals surface area contributed by atoms with E-state index in [0.717, 1.165) is 13.2 Å². The van der Waals surface area contributed by atoms with E-state index in [4.69, 9.17) is 4.74 Å². The standard InChI is InChI=1S/C11H23NOS/c1-2-3-6-12-7-9-14-10-11-5-4-8-13-11/h11-12H,2-10H2,1H3. The monoisotopic (exact) mass is 217 g/mol. The molecule has 0 radical (unpaired) electrons. The van der Waals surface area contributed by atoms with E-state index in [-0.39, 0.29) is 0 Å². The van der Waals surface area contributed by atoms with E-state index in [1.54, 1.807) is 0 Å². The highest BCUT2D eigenvalue weighted by Crippen LogP contribution is 2.16. The molecule has 1 heterocycles. The highest BCUT2D eigenvalue weighted by Gasteiger charge is 2.14. The van der Waals surface area contributed by atoms with Crippen LogP contribution in [-0.2, 0) is 4.74 Å². The Bertz CT molecular complexity index is 126. The van der Waals surface area contributed by atoms with Gasteiger partial charge in [0.05, 0.1) is 6.10 Å². The fourth-order valence-corrected chi connectivity index (χ4v) is 2.54. The van der Waals surface area contributed by atoms with Gasteiger partial charge in [-0.3, -0.25) is 0 Å². The van der Waals surface area contributed by atoms with Crippen molar-refractivity contribution in [3.63, 3.8) is 0 Å². The van der Waals surface area contributed by atoms with Crippen molar-refractivity contribution < 1.29 is 4.74 Å². The first-order chi connectivity index (χ1) is 6.93. The van der Waals surface area contributed by atoms with Crippen molar-refractivity contribution in [3.05, 3.63) is 0 Å². The van der Waals surface area contributed by atoms with Crippen molar-refractivity contribution >= 4 is 11.8 Å². The van der Waals surface area contributed by atoms with Crippen molar-refractivity contribution in [2.75, 3.05) is 31.2 Å². The first-order valence-electron chi connectivity index (χ1n) is 5.83. The van der Waals surface area contributed by atoms with E-state index < -0.39 is 0 Å². The number of unbranched alkanes of at least 4 members (excludes halogenated alkanes) is 1. The van der Waals surface area contributed by atoms with Gasteiger partial charge in [0.25, 0.3) is 0 Å². The van der Waals surface area contributed by atoms with Crippen LogP contribution in [0.2, 0.25) is 0 Å². The topological polar surface area (TPSA) is 21.3 Å². The van der Waals surface area contributed by atoms with Gasteiger partial charge < -0.3 is 10.1 Å². The van der Waals surface area contributed by atoms with Crippen LogP contribution in [0, 0.1) is 0 Å². The number of nitrogens with one attached hydrogen (secondary N) is 1. The van der Waals surface area contributed by atoms with E-state index in [2.05, 4.69) is 12.2 Å². The molecule has 14 heavy (non-hydrogen) atoms. The third-order valence-electron chi connectivity index (χ3n) is 2.46. The predicted molar refractivity (Wildman–Crippen MR) is 64.1 cm³/mol. The smallest absolute Gasteiger partial charge is 0.0666 e. The van der Waals surface area contributed by atoms with Crippen LogP contribution in [-0.4, -0.2) is 37.3 Å². The summed E-state index contributed by atoms with van der Waals surface area (Å²) in [7, 11) is 0. The molecule has 1 N–H and O–H groups in total. The van der Waals surface area contributed by atoms with Crippen LogP contribution in [0.3, 0.4) is 0 Å². The van der Waals surface area contributed by atoms with Crippen LogP contribution < -0.4 is 5.32 Å². The molecule has 1 atom stereocenters. The minimum absolute atomic E-state index is 0.552. The Morgan fingerprint density at radius 2 is 2.36 bits per heavy atom. The number of ether oxygens (including phenoxy) is 1. The molecule has 84 valence electrons. The van der Waals surface area contributed by atoms with Crippen molar-refractivity contribution in [1.29, 1.82) is 0 Å². The SMILES string of the molecule is CCCCNCCSCC1CCCO1. The molecule has 0 aliphatic carbocycles. The molecule has 1 saturated heterocycles. The molecule has 0 aromatic heterocycles. The summed E-state index contributed by atoms with van der Waals surface area (Å²) >= 11 is 2.02. The van der Waals surface area contributed by atoms with Gasteiger partial charge in [0.2, 0.25) is 0 Å². The molecule has 1 fully saturated rings. The number of hydrogen-bond acceptors (Lipinski definition) is 3. The van der Waals surface area contributed by atoms with E-state index in [1.807, 2.05) is 11.8 Å². The summed E-state index contributed by atoms with van der Waals surface area (Å²) < 4.78 is 5.56. The summed E-state index contributed by atoms with van der Waals surface area (Å²) in [6, 6.07) is 0. The Morgan fingerprint density at radius 3 is 3.07 bits per heavy atom. The highest BCUT2D eigenvalue weighted by molar-refractivity contribution is 7.99. The molecule has 1 unspecified atom stereocenters. The summed E-state index contributed by atoms with van der Waals surface area (Å²) in [6.07, 6.45) is 5.68. The molecule has 1 aliphatic heterocycles. The van der Waals surface area contributed by atoms with E-state index in [9.17, 15) is 0 Å². The first-order valence-corrected chi connectivity index (χ1v) is 6.99. The van der Waals surface area contributed by atoms with Crippen LogP contribution in [0.5, 0.6) is 0 Å². The molecule has 0 spiro atoms. The molecule has 3 heteroatoms. The molecule has 0 saturated carbocycles. The summed E-state index contributed by atoms with van der Waals surface area (Å²) in [5.74, 6) is 2.42. The molecular formula is C11H23NOS. The number of rotatable bonds is 8. The fraction of sp³-hybridized carbons (Fsp3) is 1.00. The van der Waals surface area contributed by atoms with Crippen molar-refractivity contribution in [1.82, 2.24) is 5.32 Å². The van der Waals surface area contributed by atoms with Crippen LogP contribution in [0.1, 0.15) is 32.6 Å². The molecule has 1 aliphatic rings. The lowest BCUT2D eigenvalue weighted by molar-refractivity contribution is 0.129.